The summed E-state index contributed by atoms with van der Waals surface area (Å²) in [5.41, 5.74) is 12.4. The van der Waals surface area contributed by atoms with E-state index in [1.165, 1.54) is 24.3 Å². The van der Waals surface area contributed by atoms with E-state index in [0.29, 0.717) is 16.9 Å². The molecular weight excluding hydrogens is 356 g/mol. The lowest BCUT2D eigenvalue weighted by Crippen LogP contribution is -1.97. The van der Waals surface area contributed by atoms with E-state index >= 15 is 0 Å². The van der Waals surface area contributed by atoms with Crippen LogP contribution in [0.4, 0.5) is 11.4 Å². The predicted molar refractivity (Wildman–Crippen MR) is 107 cm³/mol. The van der Waals surface area contributed by atoms with Crippen LogP contribution < -0.4 is 20.9 Å². The third kappa shape index (κ3) is 3.57. The minimum atomic E-state index is -0.140. The van der Waals surface area contributed by atoms with Crippen molar-refractivity contribution in [2.24, 2.45) is 0 Å². The highest BCUT2D eigenvalue weighted by Gasteiger charge is 2.17. The van der Waals surface area contributed by atoms with Crippen molar-refractivity contribution in [3.63, 3.8) is 0 Å². The lowest BCUT2D eigenvalue weighted by molar-refractivity contribution is 0.410. The van der Waals surface area contributed by atoms with Crippen LogP contribution in [0.3, 0.4) is 0 Å². The summed E-state index contributed by atoms with van der Waals surface area (Å²) in [6.07, 6.45) is 11.2. The fourth-order valence-corrected chi connectivity index (χ4v) is 2.43. The van der Waals surface area contributed by atoms with E-state index in [0.717, 1.165) is 0 Å². The molecule has 3 aromatic rings. The molecule has 28 heavy (non-hydrogen) atoms. The van der Waals surface area contributed by atoms with Gasteiger partial charge in [-0.25, -0.2) is 0 Å². The number of rotatable bonds is 4. The van der Waals surface area contributed by atoms with E-state index in [9.17, 15) is 10.2 Å². The second-order valence-corrected chi connectivity index (χ2v) is 5.75. The molecular formula is C22H16N2O4. The van der Waals surface area contributed by atoms with Gasteiger partial charge in [0.25, 0.3) is 0 Å². The van der Waals surface area contributed by atoms with E-state index < -0.39 is 0 Å². The Labute approximate surface area is 161 Å². The second kappa shape index (κ2) is 7.45. The number of anilines is 2. The summed E-state index contributed by atoms with van der Waals surface area (Å²) < 4.78 is 11.7. The largest absolute Gasteiger partial charge is 0.506 e. The van der Waals surface area contributed by atoms with Crippen molar-refractivity contribution in [3.8, 4) is 59.2 Å². The van der Waals surface area contributed by atoms with Gasteiger partial charge in [-0.15, -0.1) is 12.8 Å². The molecule has 3 aromatic carbocycles. The van der Waals surface area contributed by atoms with Gasteiger partial charge >= 0.3 is 0 Å². The average Bonchev–Trinajstić information content (AvgIpc) is 2.68. The van der Waals surface area contributed by atoms with E-state index in [1.807, 2.05) is 0 Å². The Kier molecular flexibility index (Phi) is 4.89. The summed E-state index contributed by atoms with van der Waals surface area (Å²) in [5.74, 6) is 5.77. The van der Waals surface area contributed by atoms with Crippen LogP contribution in [0, 0.1) is 24.7 Å². The lowest BCUT2D eigenvalue weighted by atomic mass is 10.1. The number of hydrogen-bond acceptors (Lipinski definition) is 6. The SMILES string of the molecule is C#Cc1ccc(Oc2ccc(N)c(O)c2)c(Oc2ccc(N)c(O)c2)c1C#C. The van der Waals surface area contributed by atoms with Crippen molar-refractivity contribution in [2.75, 3.05) is 11.5 Å². The van der Waals surface area contributed by atoms with Crippen LogP contribution in [0.1, 0.15) is 11.1 Å². The Morgan fingerprint density at radius 2 is 1.32 bits per heavy atom. The number of terminal acetylenes is 2. The van der Waals surface area contributed by atoms with Gasteiger partial charge in [0.2, 0.25) is 0 Å². The van der Waals surface area contributed by atoms with Gasteiger partial charge in [-0.2, -0.15) is 0 Å². The molecule has 0 aromatic heterocycles. The standard InChI is InChI=1S/C22H16N2O4/c1-3-13-5-10-21(27-14-6-8-17(23)19(25)11-14)22(16(13)4-2)28-15-7-9-18(24)20(26)12-15/h1-2,5-12,25-26H,23-24H2. The van der Waals surface area contributed by atoms with Crippen molar-refractivity contribution < 1.29 is 19.7 Å². The molecule has 3 rings (SSSR count). The topological polar surface area (TPSA) is 111 Å². The number of nitrogens with two attached hydrogens (primary N) is 2. The van der Waals surface area contributed by atoms with Gasteiger partial charge in [0, 0.05) is 17.7 Å². The number of ether oxygens (including phenoxy) is 2. The molecule has 6 heteroatoms. The van der Waals surface area contributed by atoms with Crippen LogP contribution in [-0.4, -0.2) is 10.2 Å². The van der Waals surface area contributed by atoms with Gasteiger partial charge in [0.1, 0.15) is 23.0 Å². The fraction of sp³-hybridized carbons (Fsp3) is 0. The first-order valence-electron chi connectivity index (χ1n) is 8.06. The quantitative estimate of drug-likeness (QED) is 0.315. The summed E-state index contributed by atoms with van der Waals surface area (Å²) in [7, 11) is 0. The average molecular weight is 372 g/mol. The molecule has 0 saturated carbocycles. The molecule has 0 spiro atoms. The van der Waals surface area contributed by atoms with Gasteiger partial charge in [-0.1, -0.05) is 11.8 Å². The first kappa shape index (κ1) is 18.4. The first-order valence-corrected chi connectivity index (χ1v) is 8.06. The van der Waals surface area contributed by atoms with Crippen LogP contribution in [0.2, 0.25) is 0 Å². The Morgan fingerprint density at radius 1 is 0.750 bits per heavy atom. The van der Waals surface area contributed by atoms with E-state index in [4.69, 9.17) is 33.8 Å². The van der Waals surface area contributed by atoms with Gasteiger partial charge in [0.15, 0.2) is 11.5 Å². The maximum absolute atomic E-state index is 9.82. The minimum absolute atomic E-state index is 0.124. The molecule has 0 fully saturated rings. The Balaban J connectivity index is 2.09. The number of hydrogen-bond donors (Lipinski definition) is 4. The molecule has 0 heterocycles. The van der Waals surface area contributed by atoms with Crippen molar-refractivity contribution in [1.29, 1.82) is 0 Å². The second-order valence-electron chi connectivity index (χ2n) is 5.75. The van der Waals surface area contributed by atoms with Crippen LogP contribution in [0.15, 0.2) is 48.5 Å². The van der Waals surface area contributed by atoms with Crippen molar-refractivity contribution >= 4 is 11.4 Å². The van der Waals surface area contributed by atoms with Crippen LogP contribution in [0.5, 0.6) is 34.5 Å². The van der Waals surface area contributed by atoms with Crippen LogP contribution >= 0.6 is 0 Å². The third-order valence-electron chi connectivity index (χ3n) is 3.87. The van der Waals surface area contributed by atoms with Crippen LogP contribution in [0.25, 0.3) is 0 Å². The number of nitrogen functional groups attached to an aromatic ring is 2. The highest BCUT2D eigenvalue weighted by molar-refractivity contribution is 5.65. The molecule has 0 aliphatic heterocycles. The van der Waals surface area contributed by atoms with E-state index in [-0.39, 0.29) is 40.1 Å². The highest BCUT2D eigenvalue weighted by Crippen LogP contribution is 2.41. The summed E-state index contributed by atoms with van der Waals surface area (Å²) >= 11 is 0. The third-order valence-corrected chi connectivity index (χ3v) is 3.87. The van der Waals surface area contributed by atoms with Crippen molar-refractivity contribution in [1.82, 2.24) is 0 Å². The van der Waals surface area contributed by atoms with E-state index in [2.05, 4.69) is 11.8 Å². The molecule has 0 bridgehead atoms. The zero-order valence-electron chi connectivity index (χ0n) is 14.6. The molecule has 0 aliphatic rings. The Bertz CT molecular complexity index is 1140. The molecule has 0 radical (unpaired) electrons. The molecule has 6 N–H and O–H groups in total. The smallest absolute Gasteiger partial charge is 0.186 e. The fourth-order valence-electron chi connectivity index (χ4n) is 2.43. The highest BCUT2D eigenvalue weighted by atomic mass is 16.5. The minimum Gasteiger partial charge on any atom is -0.506 e. The van der Waals surface area contributed by atoms with Crippen molar-refractivity contribution in [2.45, 2.75) is 0 Å². The van der Waals surface area contributed by atoms with Gasteiger partial charge in [-0.3, -0.25) is 0 Å². The van der Waals surface area contributed by atoms with Crippen molar-refractivity contribution in [3.05, 3.63) is 59.7 Å². The maximum Gasteiger partial charge on any atom is 0.186 e. The van der Waals surface area contributed by atoms with Gasteiger partial charge in [0.05, 0.1) is 16.9 Å². The molecule has 138 valence electrons. The summed E-state index contributed by atoms with van der Waals surface area (Å²) in [6, 6.07) is 12.1. The number of aromatic hydroxyl groups is 2. The molecule has 0 atom stereocenters. The predicted octanol–water partition coefficient (Wildman–Crippen LogP) is 3.81. The summed E-state index contributed by atoms with van der Waals surface area (Å²) in [5, 5.41) is 19.6. The summed E-state index contributed by atoms with van der Waals surface area (Å²) in [4.78, 5) is 0. The number of phenolic OH excluding ortho intramolecular Hbond substituents is 2. The zero-order chi connectivity index (χ0) is 20.3. The molecule has 0 saturated heterocycles. The monoisotopic (exact) mass is 372 g/mol. The number of phenols is 2. The van der Waals surface area contributed by atoms with Gasteiger partial charge < -0.3 is 31.2 Å². The lowest BCUT2D eigenvalue weighted by Gasteiger charge is -2.16. The molecule has 0 unspecified atom stereocenters. The normalized spacial score (nSPS) is 9.93. The van der Waals surface area contributed by atoms with Crippen LogP contribution in [-0.2, 0) is 0 Å². The summed E-state index contributed by atoms with van der Waals surface area (Å²) in [6.45, 7) is 0. The zero-order valence-corrected chi connectivity index (χ0v) is 14.6. The first-order chi connectivity index (χ1) is 13.4. The Hall–Kier alpha value is -4.42. The molecule has 0 amide bonds. The maximum atomic E-state index is 9.82. The number of benzene rings is 3. The molecule has 0 aliphatic carbocycles. The molecule has 6 nitrogen and oxygen atoms in total. The Morgan fingerprint density at radius 3 is 1.82 bits per heavy atom. The van der Waals surface area contributed by atoms with Gasteiger partial charge in [-0.05, 0) is 36.4 Å². The van der Waals surface area contributed by atoms with E-state index in [1.54, 1.807) is 24.3 Å².